The molecule has 2 aromatic heterocycles. The van der Waals surface area contributed by atoms with Crippen molar-refractivity contribution < 1.29 is 4.74 Å². The molecule has 3 aromatic rings. The lowest BCUT2D eigenvalue weighted by molar-refractivity contribution is 0.122. The lowest BCUT2D eigenvalue weighted by Crippen LogP contribution is -2.36. The van der Waals surface area contributed by atoms with E-state index in [9.17, 15) is 0 Å². The van der Waals surface area contributed by atoms with Crippen LogP contribution >= 0.6 is 0 Å². The number of nitrogens with one attached hydrogen (secondary N) is 2. The summed E-state index contributed by atoms with van der Waals surface area (Å²) in [4.78, 5) is 14.7. The van der Waals surface area contributed by atoms with Gasteiger partial charge in [0.15, 0.2) is 0 Å². The van der Waals surface area contributed by atoms with Crippen LogP contribution in [0.2, 0.25) is 0 Å². The number of pyridine rings is 1. The SMILES string of the molecule is Nc1nccc(Nc2ccnc(Nc3ccc(N4CCOCC4)cc3)c2)n1. The minimum atomic E-state index is 0.229. The molecule has 8 heteroatoms. The highest BCUT2D eigenvalue weighted by molar-refractivity contribution is 5.65. The highest BCUT2D eigenvalue weighted by Gasteiger charge is 2.10. The number of morpholine rings is 1. The largest absolute Gasteiger partial charge is 0.378 e. The van der Waals surface area contributed by atoms with Crippen molar-refractivity contribution in [3.8, 4) is 0 Å². The molecule has 1 saturated heterocycles. The van der Waals surface area contributed by atoms with E-state index in [2.05, 4.69) is 54.8 Å². The summed E-state index contributed by atoms with van der Waals surface area (Å²) < 4.78 is 5.40. The highest BCUT2D eigenvalue weighted by Crippen LogP contribution is 2.23. The van der Waals surface area contributed by atoms with Crippen LogP contribution in [0.25, 0.3) is 0 Å². The van der Waals surface area contributed by atoms with Crippen LogP contribution < -0.4 is 21.3 Å². The van der Waals surface area contributed by atoms with E-state index in [0.717, 1.165) is 43.5 Å². The zero-order valence-corrected chi connectivity index (χ0v) is 14.8. The van der Waals surface area contributed by atoms with E-state index >= 15 is 0 Å². The third kappa shape index (κ3) is 4.42. The number of hydrogen-bond donors (Lipinski definition) is 3. The fraction of sp³-hybridized carbons (Fsp3) is 0.211. The first-order valence-corrected chi connectivity index (χ1v) is 8.78. The highest BCUT2D eigenvalue weighted by atomic mass is 16.5. The number of aromatic nitrogens is 3. The number of nitrogen functional groups attached to an aromatic ring is 1. The Balaban J connectivity index is 1.43. The minimum Gasteiger partial charge on any atom is -0.378 e. The van der Waals surface area contributed by atoms with Crippen molar-refractivity contribution in [2.45, 2.75) is 0 Å². The molecule has 0 atom stereocenters. The Labute approximate surface area is 157 Å². The van der Waals surface area contributed by atoms with Crippen LogP contribution in [0.1, 0.15) is 0 Å². The maximum atomic E-state index is 5.61. The van der Waals surface area contributed by atoms with Gasteiger partial charge in [-0.3, -0.25) is 0 Å². The fourth-order valence-electron chi connectivity index (χ4n) is 2.89. The van der Waals surface area contributed by atoms with Gasteiger partial charge in [-0.25, -0.2) is 9.97 Å². The summed E-state index contributed by atoms with van der Waals surface area (Å²) in [7, 11) is 0. The van der Waals surface area contributed by atoms with E-state index in [4.69, 9.17) is 10.5 Å². The van der Waals surface area contributed by atoms with Gasteiger partial charge >= 0.3 is 0 Å². The summed E-state index contributed by atoms with van der Waals surface area (Å²) in [5.41, 5.74) is 8.65. The molecule has 4 N–H and O–H groups in total. The lowest BCUT2D eigenvalue weighted by atomic mass is 10.2. The molecule has 8 nitrogen and oxygen atoms in total. The molecule has 1 aromatic carbocycles. The van der Waals surface area contributed by atoms with Gasteiger partial charge in [0.2, 0.25) is 5.95 Å². The Bertz CT molecular complexity index is 895. The molecule has 1 aliphatic heterocycles. The quantitative estimate of drug-likeness (QED) is 0.636. The smallest absolute Gasteiger partial charge is 0.221 e. The van der Waals surface area contributed by atoms with Gasteiger partial charge in [-0.2, -0.15) is 4.98 Å². The van der Waals surface area contributed by atoms with Crippen molar-refractivity contribution in [2.75, 3.05) is 47.6 Å². The summed E-state index contributed by atoms with van der Waals surface area (Å²) in [5, 5.41) is 6.51. The first-order valence-electron chi connectivity index (χ1n) is 8.78. The van der Waals surface area contributed by atoms with Crippen molar-refractivity contribution in [1.82, 2.24) is 15.0 Å². The van der Waals surface area contributed by atoms with E-state index in [1.165, 1.54) is 5.69 Å². The second-order valence-electron chi connectivity index (χ2n) is 6.13. The van der Waals surface area contributed by atoms with Gasteiger partial charge in [-0.05, 0) is 36.4 Å². The summed E-state index contributed by atoms with van der Waals surface area (Å²) in [6.07, 6.45) is 3.35. The number of nitrogens with two attached hydrogens (primary N) is 1. The first-order chi connectivity index (χ1) is 13.3. The zero-order valence-electron chi connectivity index (χ0n) is 14.8. The average Bonchev–Trinajstić information content (AvgIpc) is 2.70. The van der Waals surface area contributed by atoms with Crippen LogP contribution in [0.15, 0.2) is 54.9 Å². The van der Waals surface area contributed by atoms with Crippen LogP contribution in [0, 0.1) is 0 Å². The number of nitrogens with zero attached hydrogens (tertiary/aromatic N) is 4. The van der Waals surface area contributed by atoms with Crippen molar-refractivity contribution in [3.63, 3.8) is 0 Å². The van der Waals surface area contributed by atoms with Crippen LogP contribution in [0.5, 0.6) is 0 Å². The summed E-state index contributed by atoms with van der Waals surface area (Å²) in [6.45, 7) is 3.41. The van der Waals surface area contributed by atoms with Gasteiger partial charge in [0, 0.05) is 48.6 Å². The number of ether oxygens (including phenoxy) is 1. The van der Waals surface area contributed by atoms with Gasteiger partial charge in [-0.15, -0.1) is 0 Å². The second kappa shape index (κ2) is 7.88. The molecule has 0 amide bonds. The molecule has 0 saturated carbocycles. The molecular formula is C19H21N7O. The Morgan fingerprint density at radius 3 is 2.37 bits per heavy atom. The first kappa shape index (κ1) is 17.0. The second-order valence-corrected chi connectivity index (χ2v) is 6.13. The van der Waals surface area contributed by atoms with Gasteiger partial charge < -0.3 is 26.0 Å². The predicted octanol–water partition coefficient (Wildman–Crippen LogP) is 2.78. The van der Waals surface area contributed by atoms with Gasteiger partial charge in [0.25, 0.3) is 0 Å². The summed E-state index contributed by atoms with van der Waals surface area (Å²) >= 11 is 0. The molecule has 1 aliphatic rings. The topological polar surface area (TPSA) is 101 Å². The summed E-state index contributed by atoms with van der Waals surface area (Å²) in [5.74, 6) is 1.60. The van der Waals surface area contributed by atoms with Gasteiger partial charge in [0.05, 0.1) is 13.2 Å². The molecule has 4 rings (SSSR count). The number of rotatable bonds is 5. The number of hydrogen-bond acceptors (Lipinski definition) is 8. The Hall–Kier alpha value is -3.39. The van der Waals surface area contributed by atoms with E-state index in [1.54, 1.807) is 18.5 Å². The van der Waals surface area contributed by atoms with Crippen LogP contribution in [0.4, 0.5) is 34.6 Å². The molecular weight excluding hydrogens is 342 g/mol. The maximum Gasteiger partial charge on any atom is 0.221 e. The fourth-order valence-corrected chi connectivity index (χ4v) is 2.89. The van der Waals surface area contributed by atoms with Gasteiger partial charge in [-0.1, -0.05) is 0 Å². The maximum absolute atomic E-state index is 5.61. The van der Waals surface area contributed by atoms with Gasteiger partial charge in [0.1, 0.15) is 11.6 Å². The summed E-state index contributed by atoms with van der Waals surface area (Å²) in [6, 6.07) is 13.9. The Morgan fingerprint density at radius 2 is 1.59 bits per heavy atom. The van der Waals surface area contributed by atoms with E-state index in [-0.39, 0.29) is 5.95 Å². The molecule has 0 radical (unpaired) electrons. The van der Waals surface area contributed by atoms with Crippen molar-refractivity contribution in [1.29, 1.82) is 0 Å². The van der Waals surface area contributed by atoms with Crippen molar-refractivity contribution >= 4 is 34.6 Å². The van der Waals surface area contributed by atoms with E-state index < -0.39 is 0 Å². The molecule has 0 aliphatic carbocycles. The van der Waals surface area contributed by atoms with Crippen LogP contribution in [0.3, 0.4) is 0 Å². The number of anilines is 6. The molecule has 138 valence electrons. The van der Waals surface area contributed by atoms with Crippen molar-refractivity contribution in [3.05, 3.63) is 54.9 Å². The van der Waals surface area contributed by atoms with E-state index in [1.807, 2.05) is 12.1 Å². The molecule has 3 heterocycles. The van der Waals surface area contributed by atoms with E-state index in [0.29, 0.717) is 5.82 Å². The third-order valence-corrected chi connectivity index (χ3v) is 4.22. The number of benzene rings is 1. The third-order valence-electron chi connectivity index (χ3n) is 4.22. The zero-order chi connectivity index (χ0) is 18.5. The molecule has 0 bridgehead atoms. The Morgan fingerprint density at radius 1 is 0.852 bits per heavy atom. The molecule has 0 spiro atoms. The van der Waals surface area contributed by atoms with Crippen LogP contribution in [-0.2, 0) is 4.74 Å². The molecule has 27 heavy (non-hydrogen) atoms. The molecule has 0 unspecified atom stereocenters. The lowest BCUT2D eigenvalue weighted by Gasteiger charge is -2.28. The molecule has 1 fully saturated rings. The minimum absolute atomic E-state index is 0.229. The average molecular weight is 363 g/mol. The van der Waals surface area contributed by atoms with Crippen molar-refractivity contribution in [2.24, 2.45) is 0 Å². The Kier molecular flexibility index (Phi) is 4.97. The van der Waals surface area contributed by atoms with Crippen LogP contribution in [-0.4, -0.2) is 41.3 Å². The normalized spacial score (nSPS) is 14.0. The monoisotopic (exact) mass is 363 g/mol. The predicted molar refractivity (Wildman–Crippen MR) is 107 cm³/mol. The standard InChI is InChI=1S/C19H21N7O/c20-19-22-8-6-17(25-19)24-15-5-7-21-18(13-15)23-14-1-3-16(4-2-14)26-9-11-27-12-10-26/h1-8,13H,9-12H2,(H4,20,21,22,23,24,25).